The van der Waals surface area contributed by atoms with E-state index in [0.29, 0.717) is 22.9 Å². The van der Waals surface area contributed by atoms with Crippen LogP contribution in [0.25, 0.3) is 0 Å². The third-order valence-corrected chi connectivity index (χ3v) is 4.66. The monoisotopic (exact) mass is 357 g/mol. The first-order chi connectivity index (χ1) is 12.5. The summed E-state index contributed by atoms with van der Waals surface area (Å²) in [6.45, 7) is 1.64. The summed E-state index contributed by atoms with van der Waals surface area (Å²) in [6, 6.07) is 10.9. The molecule has 0 radical (unpaired) electrons. The SMILES string of the molecule is C[C@H](Oc1ccc(F)cc1)C(=O)Nc1ccc2c(c1)OC1(CCCC1)O2. The number of amides is 1. The molecule has 0 saturated heterocycles. The average molecular weight is 357 g/mol. The Morgan fingerprint density at radius 1 is 1.12 bits per heavy atom. The quantitative estimate of drug-likeness (QED) is 0.888. The lowest BCUT2D eigenvalue weighted by molar-refractivity contribution is -0.122. The molecule has 136 valence electrons. The minimum Gasteiger partial charge on any atom is -0.481 e. The third kappa shape index (κ3) is 3.31. The van der Waals surface area contributed by atoms with Crippen LogP contribution in [0.2, 0.25) is 0 Å². The molecule has 1 atom stereocenters. The summed E-state index contributed by atoms with van der Waals surface area (Å²) in [4.78, 5) is 12.4. The van der Waals surface area contributed by atoms with Gasteiger partial charge in [-0.25, -0.2) is 4.39 Å². The lowest BCUT2D eigenvalue weighted by Crippen LogP contribution is -2.34. The van der Waals surface area contributed by atoms with Gasteiger partial charge in [0.2, 0.25) is 0 Å². The molecule has 1 saturated carbocycles. The first-order valence-electron chi connectivity index (χ1n) is 8.78. The smallest absolute Gasteiger partial charge is 0.265 e. The van der Waals surface area contributed by atoms with Gasteiger partial charge in [-0.1, -0.05) is 0 Å². The van der Waals surface area contributed by atoms with Crippen LogP contribution in [0.3, 0.4) is 0 Å². The number of ether oxygens (including phenoxy) is 3. The molecule has 0 unspecified atom stereocenters. The second-order valence-electron chi connectivity index (χ2n) is 6.69. The Balaban J connectivity index is 1.40. The van der Waals surface area contributed by atoms with Gasteiger partial charge in [0, 0.05) is 24.6 Å². The lowest BCUT2D eigenvalue weighted by Gasteiger charge is -2.21. The summed E-state index contributed by atoms with van der Waals surface area (Å²) in [7, 11) is 0. The van der Waals surface area contributed by atoms with Crippen molar-refractivity contribution < 1.29 is 23.4 Å². The minimum atomic E-state index is -0.730. The van der Waals surface area contributed by atoms with E-state index in [1.807, 2.05) is 6.07 Å². The largest absolute Gasteiger partial charge is 0.481 e. The van der Waals surface area contributed by atoms with Crippen LogP contribution in [0.5, 0.6) is 17.2 Å². The summed E-state index contributed by atoms with van der Waals surface area (Å²) in [5, 5.41) is 2.81. The lowest BCUT2D eigenvalue weighted by atomic mass is 10.2. The van der Waals surface area contributed by atoms with Gasteiger partial charge in [0.05, 0.1) is 0 Å². The third-order valence-electron chi connectivity index (χ3n) is 4.66. The van der Waals surface area contributed by atoms with E-state index in [9.17, 15) is 9.18 Å². The molecule has 1 N–H and O–H groups in total. The van der Waals surface area contributed by atoms with Gasteiger partial charge in [0.25, 0.3) is 11.7 Å². The Hall–Kier alpha value is -2.76. The first-order valence-corrected chi connectivity index (χ1v) is 8.78. The zero-order valence-electron chi connectivity index (χ0n) is 14.5. The van der Waals surface area contributed by atoms with E-state index in [1.54, 1.807) is 19.1 Å². The van der Waals surface area contributed by atoms with Gasteiger partial charge in [-0.3, -0.25) is 4.79 Å². The Morgan fingerprint density at radius 2 is 1.81 bits per heavy atom. The Labute approximate surface area is 151 Å². The number of carbonyl (C=O) groups is 1. The van der Waals surface area contributed by atoms with E-state index in [2.05, 4.69) is 5.32 Å². The zero-order valence-corrected chi connectivity index (χ0v) is 14.5. The van der Waals surface area contributed by atoms with Gasteiger partial charge < -0.3 is 19.5 Å². The maximum Gasteiger partial charge on any atom is 0.265 e. The highest BCUT2D eigenvalue weighted by Gasteiger charge is 2.44. The molecule has 2 aromatic carbocycles. The summed E-state index contributed by atoms with van der Waals surface area (Å²) in [6.07, 6.45) is 3.22. The molecule has 26 heavy (non-hydrogen) atoms. The topological polar surface area (TPSA) is 56.8 Å². The standard InChI is InChI=1S/C20H20FNO4/c1-13(24-16-7-4-14(21)5-8-16)19(23)22-15-6-9-17-18(12-15)26-20(25-17)10-2-3-11-20/h4-9,12-13H,2-3,10-11H2,1H3,(H,22,23)/t13-/m0/s1. The van der Waals surface area contributed by atoms with Crippen LogP contribution in [0, 0.1) is 5.82 Å². The molecule has 0 bridgehead atoms. The van der Waals surface area contributed by atoms with E-state index < -0.39 is 11.9 Å². The molecule has 1 aliphatic carbocycles. The zero-order chi connectivity index (χ0) is 18.1. The van der Waals surface area contributed by atoms with Crippen molar-refractivity contribution in [1.29, 1.82) is 0 Å². The summed E-state index contributed by atoms with van der Waals surface area (Å²) >= 11 is 0. The maximum atomic E-state index is 12.9. The number of anilines is 1. The van der Waals surface area contributed by atoms with Crippen LogP contribution in [0.4, 0.5) is 10.1 Å². The van der Waals surface area contributed by atoms with E-state index in [-0.39, 0.29) is 11.7 Å². The average Bonchev–Trinajstić information content (AvgIpc) is 3.22. The number of hydrogen-bond donors (Lipinski definition) is 1. The number of halogens is 1. The first kappa shape index (κ1) is 16.7. The highest BCUT2D eigenvalue weighted by atomic mass is 19.1. The van der Waals surface area contributed by atoms with Crippen LogP contribution in [0.1, 0.15) is 32.6 Å². The highest BCUT2D eigenvalue weighted by molar-refractivity contribution is 5.94. The van der Waals surface area contributed by atoms with E-state index in [4.69, 9.17) is 14.2 Å². The van der Waals surface area contributed by atoms with Gasteiger partial charge >= 0.3 is 0 Å². The number of nitrogens with one attached hydrogen (secondary N) is 1. The Bertz CT molecular complexity index is 815. The van der Waals surface area contributed by atoms with Crippen molar-refractivity contribution in [3.05, 3.63) is 48.3 Å². The molecular weight excluding hydrogens is 337 g/mol. The second-order valence-corrected chi connectivity index (χ2v) is 6.69. The molecule has 1 fully saturated rings. The molecule has 6 heteroatoms. The van der Waals surface area contributed by atoms with Crippen molar-refractivity contribution >= 4 is 11.6 Å². The molecule has 1 heterocycles. The van der Waals surface area contributed by atoms with E-state index >= 15 is 0 Å². The second kappa shape index (κ2) is 6.52. The van der Waals surface area contributed by atoms with E-state index in [1.165, 1.54) is 24.3 Å². The summed E-state index contributed by atoms with van der Waals surface area (Å²) < 4.78 is 30.4. The Morgan fingerprint density at radius 3 is 2.54 bits per heavy atom. The predicted molar refractivity (Wildman–Crippen MR) is 94.0 cm³/mol. The summed E-state index contributed by atoms with van der Waals surface area (Å²) in [5.41, 5.74) is 0.613. The fourth-order valence-corrected chi connectivity index (χ4v) is 3.30. The maximum absolute atomic E-state index is 12.9. The normalized spacial score (nSPS) is 17.9. The fraction of sp³-hybridized carbons (Fsp3) is 0.350. The van der Waals surface area contributed by atoms with Crippen molar-refractivity contribution in [1.82, 2.24) is 0 Å². The van der Waals surface area contributed by atoms with Crippen LogP contribution in [-0.4, -0.2) is 17.8 Å². The van der Waals surface area contributed by atoms with Crippen molar-refractivity contribution in [2.24, 2.45) is 0 Å². The predicted octanol–water partition coefficient (Wildman–Crippen LogP) is 4.27. The Kier molecular flexibility index (Phi) is 4.18. The van der Waals surface area contributed by atoms with Crippen LogP contribution >= 0.6 is 0 Å². The van der Waals surface area contributed by atoms with Crippen LogP contribution < -0.4 is 19.5 Å². The van der Waals surface area contributed by atoms with Gasteiger partial charge in [-0.05, 0) is 56.2 Å². The molecule has 2 aromatic rings. The molecular formula is C20H20FNO4. The molecule has 4 rings (SSSR count). The van der Waals surface area contributed by atoms with Gasteiger partial charge in [0.15, 0.2) is 17.6 Å². The fourth-order valence-electron chi connectivity index (χ4n) is 3.30. The van der Waals surface area contributed by atoms with Crippen LogP contribution in [-0.2, 0) is 4.79 Å². The molecule has 2 aliphatic rings. The number of carbonyl (C=O) groups excluding carboxylic acids is 1. The highest BCUT2D eigenvalue weighted by Crippen LogP contribution is 2.47. The summed E-state index contributed by atoms with van der Waals surface area (Å²) in [5.74, 6) is 0.614. The van der Waals surface area contributed by atoms with Gasteiger partial charge in [-0.2, -0.15) is 0 Å². The number of rotatable bonds is 4. The van der Waals surface area contributed by atoms with Gasteiger partial charge in [-0.15, -0.1) is 0 Å². The molecule has 1 amide bonds. The van der Waals surface area contributed by atoms with Crippen molar-refractivity contribution in [2.75, 3.05) is 5.32 Å². The van der Waals surface area contributed by atoms with Crippen molar-refractivity contribution in [3.63, 3.8) is 0 Å². The van der Waals surface area contributed by atoms with Crippen LogP contribution in [0.15, 0.2) is 42.5 Å². The van der Waals surface area contributed by atoms with E-state index in [0.717, 1.165) is 25.7 Å². The number of benzene rings is 2. The molecule has 1 aliphatic heterocycles. The number of hydrogen-bond acceptors (Lipinski definition) is 4. The molecule has 1 spiro atoms. The van der Waals surface area contributed by atoms with Crippen molar-refractivity contribution in [3.8, 4) is 17.2 Å². The molecule has 5 nitrogen and oxygen atoms in total. The van der Waals surface area contributed by atoms with Gasteiger partial charge in [0.1, 0.15) is 11.6 Å². The minimum absolute atomic E-state index is 0.302. The van der Waals surface area contributed by atoms with Crippen molar-refractivity contribution in [2.45, 2.75) is 44.5 Å². The molecule has 0 aromatic heterocycles. The number of fused-ring (bicyclic) bond motifs is 1.